The van der Waals surface area contributed by atoms with Crippen LogP contribution in [0.3, 0.4) is 0 Å². The molecule has 0 radical (unpaired) electrons. The average Bonchev–Trinajstić information content (AvgIpc) is 2.34. The van der Waals surface area contributed by atoms with Crippen LogP contribution in [-0.2, 0) is 0 Å². The number of nitroso groups, excluding NO2 is 1. The Morgan fingerprint density at radius 2 is 1.91 bits per heavy atom. The lowest BCUT2D eigenvalue weighted by Gasteiger charge is -2.26. The van der Waals surface area contributed by atoms with Crippen LogP contribution in [0.1, 0.15) is 32.1 Å². The lowest BCUT2D eigenvalue weighted by atomic mass is 9.83. The van der Waals surface area contributed by atoms with Crippen LogP contribution >= 0.6 is 0 Å². The van der Waals surface area contributed by atoms with Crippen molar-refractivity contribution in [2.45, 2.75) is 37.6 Å². The molecule has 2 N–H and O–H groups in total. The fraction of sp³-hybridized carbons (Fsp3) is 1.00. The van der Waals surface area contributed by atoms with E-state index in [4.69, 9.17) is 0 Å². The van der Waals surface area contributed by atoms with Gasteiger partial charge in [-0.2, -0.15) is 5.43 Å². The van der Waals surface area contributed by atoms with Crippen molar-refractivity contribution in [2.75, 3.05) is 6.54 Å². The maximum Gasteiger partial charge on any atom is 0.246 e. The number of hydrogen-bond acceptors (Lipinski definition) is 2. The fourth-order valence-corrected chi connectivity index (χ4v) is 2.05. The van der Waals surface area contributed by atoms with Crippen LogP contribution in [0.5, 0.6) is 0 Å². The first kappa shape index (κ1) is 7.03. The maximum atomic E-state index is 10.9. The quantitative estimate of drug-likeness (QED) is 0.502. The molecule has 0 unspecified atom stereocenters. The van der Waals surface area contributed by atoms with Gasteiger partial charge < -0.3 is 0 Å². The van der Waals surface area contributed by atoms with Gasteiger partial charge in [0.05, 0.1) is 4.91 Å². The molecule has 0 amide bonds. The first-order valence-electron chi connectivity index (χ1n) is 4.28. The van der Waals surface area contributed by atoms with E-state index in [0.29, 0.717) is 6.54 Å². The Kier molecular flexibility index (Phi) is 1.56. The molecule has 1 saturated carbocycles. The smallest absolute Gasteiger partial charge is 0.171 e. The largest absolute Gasteiger partial charge is 0.246 e. The molecule has 1 aliphatic heterocycles. The summed E-state index contributed by atoms with van der Waals surface area (Å²) in [7, 11) is 0. The molecule has 1 heterocycles. The Balaban J connectivity index is 2.03. The van der Waals surface area contributed by atoms with Crippen molar-refractivity contribution in [2.24, 2.45) is 0 Å². The van der Waals surface area contributed by atoms with Crippen LogP contribution in [0.2, 0.25) is 0 Å². The number of rotatable bonds is 0. The van der Waals surface area contributed by atoms with Crippen LogP contribution in [0.4, 0.5) is 0 Å². The zero-order chi connectivity index (χ0) is 7.73. The van der Waals surface area contributed by atoms with Crippen LogP contribution in [-0.4, -0.2) is 17.0 Å². The van der Waals surface area contributed by atoms with Gasteiger partial charge in [0, 0.05) is 0 Å². The second-order valence-electron chi connectivity index (χ2n) is 3.61. The molecule has 0 atom stereocenters. The minimum absolute atomic E-state index is 0.0972. The van der Waals surface area contributed by atoms with E-state index in [0.717, 1.165) is 17.7 Å². The summed E-state index contributed by atoms with van der Waals surface area (Å²) < 4.78 is 0. The highest BCUT2D eigenvalue weighted by Crippen LogP contribution is 2.29. The van der Waals surface area contributed by atoms with E-state index in [1.165, 1.54) is 19.3 Å². The molecule has 0 bridgehead atoms. The lowest BCUT2D eigenvalue weighted by Crippen LogP contribution is -2.46. The van der Waals surface area contributed by atoms with E-state index in [-0.39, 0.29) is 5.54 Å². The highest BCUT2D eigenvalue weighted by Gasteiger charge is 2.44. The van der Waals surface area contributed by atoms with Gasteiger partial charge in [-0.3, -0.25) is 0 Å². The lowest BCUT2D eigenvalue weighted by molar-refractivity contribution is -0.592. The van der Waals surface area contributed by atoms with Crippen molar-refractivity contribution in [3.05, 3.63) is 4.91 Å². The average molecular weight is 156 g/mol. The predicted octanol–water partition coefficient (Wildman–Crippen LogP) is 0.491. The molecule has 0 aromatic rings. The number of hydrogen-bond donors (Lipinski definition) is 2. The second-order valence-corrected chi connectivity index (χ2v) is 3.61. The molecule has 4 heteroatoms. The van der Waals surface area contributed by atoms with Crippen LogP contribution in [0, 0.1) is 4.91 Å². The molecular formula is C7H14N3O+. The number of hydrazine groups is 2. The van der Waals surface area contributed by atoms with E-state index in [2.05, 4.69) is 11.0 Å². The zero-order valence-corrected chi connectivity index (χ0v) is 6.60. The summed E-state index contributed by atoms with van der Waals surface area (Å²) in [4.78, 5) is 11.8. The van der Waals surface area contributed by atoms with E-state index in [9.17, 15) is 4.91 Å². The molecule has 11 heavy (non-hydrogen) atoms. The van der Waals surface area contributed by atoms with Crippen molar-refractivity contribution in [3.63, 3.8) is 0 Å². The summed E-state index contributed by atoms with van der Waals surface area (Å²) in [6.45, 7) is 0.604. The molecule has 0 aromatic heterocycles. The Labute approximate surface area is 65.9 Å². The molecule has 62 valence electrons. The first-order valence-corrected chi connectivity index (χ1v) is 4.28. The van der Waals surface area contributed by atoms with Crippen LogP contribution in [0.15, 0.2) is 0 Å². The van der Waals surface area contributed by atoms with E-state index in [1.54, 1.807) is 0 Å². The maximum absolute atomic E-state index is 10.9. The molecule has 2 rings (SSSR count). The summed E-state index contributed by atoms with van der Waals surface area (Å²) in [5.41, 5.74) is 5.79. The Hall–Kier alpha value is -0.640. The van der Waals surface area contributed by atoms with Gasteiger partial charge in [-0.1, -0.05) is 24.8 Å². The second kappa shape index (κ2) is 2.44. The third-order valence-electron chi connectivity index (χ3n) is 2.70. The summed E-state index contributed by atoms with van der Waals surface area (Å²) in [6, 6.07) is 0. The van der Waals surface area contributed by atoms with E-state index in [1.807, 2.05) is 0 Å². The Morgan fingerprint density at radius 1 is 1.18 bits per heavy atom. The standard InChI is InChI=1S/C7H14N3O/c11-10-6-7(8-9-10)4-2-1-3-5-7/h8H,1-6H2,(H,9,11)/q+1. The summed E-state index contributed by atoms with van der Waals surface area (Å²) in [5, 5.41) is 0. The third-order valence-corrected chi connectivity index (χ3v) is 2.70. The molecule has 2 aliphatic rings. The Morgan fingerprint density at radius 3 is 2.45 bits per heavy atom. The minimum Gasteiger partial charge on any atom is -0.171 e. The molecule has 4 nitrogen and oxygen atoms in total. The van der Waals surface area contributed by atoms with Crippen molar-refractivity contribution in [1.82, 2.24) is 11.0 Å². The molecule has 1 saturated heterocycles. The summed E-state index contributed by atoms with van der Waals surface area (Å²) >= 11 is 0. The summed E-state index contributed by atoms with van der Waals surface area (Å²) in [6.07, 6.45) is 6.10. The molecule has 1 aliphatic carbocycles. The van der Waals surface area contributed by atoms with E-state index < -0.39 is 0 Å². The number of nitrogens with one attached hydrogen (secondary N) is 2. The van der Waals surface area contributed by atoms with Crippen molar-refractivity contribution >= 4 is 0 Å². The van der Waals surface area contributed by atoms with Gasteiger partial charge in [-0.15, -0.1) is 0 Å². The SMILES string of the molecule is O=[N+]1CC2(CCCCC2)NN1. The van der Waals surface area contributed by atoms with Gasteiger partial charge >= 0.3 is 0 Å². The first-order chi connectivity index (χ1) is 5.31. The fourth-order valence-electron chi connectivity index (χ4n) is 2.05. The van der Waals surface area contributed by atoms with Gasteiger partial charge in [0.25, 0.3) is 0 Å². The van der Waals surface area contributed by atoms with Crippen molar-refractivity contribution < 1.29 is 4.87 Å². The van der Waals surface area contributed by atoms with Gasteiger partial charge in [-0.05, 0) is 12.8 Å². The minimum atomic E-state index is 0.0972. The molecule has 2 fully saturated rings. The van der Waals surface area contributed by atoms with Gasteiger partial charge in [0.1, 0.15) is 10.4 Å². The normalized spacial score (nSPS) is 28.9. The highest BCUT2D eigenvalue weighted by atomic mass is 16.3. The highest BCUT2D eigenvalue weighted by molar-refractivity contribution is 4.89. The van der Waals surface area contributed by atoms with Gasteiger partial charge in [0.2, 0.25) is 6.54 Å². The molecule has 0 aromatic carbocycles. The van der Waals surface area contributed by atoms with Gasteiger partial charge in [0.15, 0.2) is 0 Å². The monoisotopic (exact) mass is 156 g/mol. The predicted molar refractivity (Wildman–Crippen MR) is 40.6 cm³/mol. The van der Waals surface area contributed by atoms with Crippen LogP contribution < -0.4 is 11.0 Å². The van der Waals surface area contributed by atoms with Crippen molar-refractivity contribution in [1.29, 1.82) is 0 Å². The third kappa shape index (κ3) is 1.22. The summed E-state index contributed by atoms with van der Waals surface area (Å²) in [5.74, 6) is 0. The molecular weight excluding hydrogens is 142 g/mol. The van der Waals surface area contributed by atoms with Crippen molar-refractivity contribution in [3.8, 4) is 0 Å². The molecule has 1 spiro atoms. The number of nitrogens with zero attached hydrogens (tertiary/aromatic N) is 1. The van der Waals surface area contributed by atoms with Crippen LogP contribution in [0.25, 0.3) is 0 Å². The topological polar surface area (TPSA) is 44.1 Å². The van der Waals surface area contributed by atoms with Gasteiger partial charge in [-0.25, -0.2) is 0 Å². The van der Waals surface area contributed by atoms with E-state index >= 15 is 0 Å². The zero-order valence-electron chi connectivity index (χ0n) is 6.60. The Bertz CT molecular complexity index is 175.